The molecule has 6 nitrogen and oxygen atoms in total. The molecular formula is C17H28N4O2S2. The minimum atomic E-state index is -3.39. The maximum absolute atomic E-state index is 11.8. The molecule has 1 aromatic carbocycles. The van der Waals surface area contributed by atoms with Gasteiger partial charge in [0, 0.05) is 37.7 Å². The van der Waals surface area contributed by atoms with Crippen LogP contribution in [0.4, 0.5) is 0 Å². The third kappa shape index (κ3) is 5.36. The highest BCUT2D eigenvalue weighted by Crippen LogP contribution is 2.24. The molecule has 0 aliphatic carbocycles. The lowest BCUT2D eigenvalue weighted by molar-refractivity contribution is 0.380. The van der Waals surface area contributed by atoms with Crippen LogP contribution in [0.25, 0.3) is 0 Å². The van der Waals surface area contributed by atoms with E-state index >= 15 is 0 Å². The monoisotopic (exact) mass is 384 g/mol. The summed E-state index contributed by atoms with van der Waals surface area (Å²) in [5, 5.41) is 4.01. The van der Waals surface area contributed by atoms with Crippen molar-refractivity contribution in [1.29, 1.82) is 0 Å². The molecule has 1 atom stereocenters. The van der Waals surface area contributed by atoms with Gasteiger partial charge in [-0.05, 0) is 30.7 Å². The molecule has 1 aliphatic rings. The summed E-state index contributed by atoms with van der Waals surface area (Å²) in [5.41, 5.74) is 1.02. The summed E-state index contributed by atoms with van der Waals surface area (Å²) in [5.74, 6) is 2.66. The first-order chi connectivity index (χ1) is 11.9. The van der Waals surface area contributed by atoms with Crippen molar-refractivity contribution in [3.63, 3.8) is 0 Å². The zero-order valence-electron chi connectivity index (χ0n) is 15.3. The van der Waals surface area contributed by atoms with E-state index in [1.54, 1.807) is 19.2 Å². The molecule has 0 amide bonds. The number of nitrogens with zero attached hydrogens (tertiary/aromatic N) is 2. The van der Waals surface area contributed by atoms with E-state index in [9.17, 15) is 8.42 Å². The van der Waals surface area contributed by atoms with Crippen LogP contribution in [0.15, 0.2) is 34.2 Å². The third-order valence-electron chi connectivity index (χ3n) is 4.30. The fourth-order valence-electron chi connectivity index (χ4n) is 2.69. The van der Waals surface area contributed by atoms with E-state index in [4.69, 9.17) is 0 Å². The number of benzene rings is 1. The molecule has 1 unspecified atom stereocenters. The smallest absolute Gasteiger partial charge is 0.240 e. The van der Waals surface area contributed by atoms with Gasteiger partial charge in [0.05, 0.1) is 4.90 Å². The number of thioether (sulfide) groups is 1. The second-order valence-electron chi connectivity index (χ2n) is 6.35. The van der Waals surface area contributed by atoms with E-state index in [1.807, 2.05) is 23.9 Å². The fourth-order valence-corrected chi connectivity index (χ4v) is 4.72. The van der Waals surface area contributed by atoms with Crippen molar-refractivity contribution >= 4 is 27.7 Å². The number of nitrogens with one attached hydrogen (secondary N) is 2. The van der Waals surface area contributed by atoms with E-state index in [-0.39, 0.29) is 4.90 Å². The molecule has 25 heavy (non-hydrogen) atoms. The fraction of sp³-hybridized carbons (Fsp3) is 0.588. The van der Waals surface area contributed by atoms with Crippen molar-refractivity contribution in [1.82, 2.24) is 14.9 Å². The Hall–Kier alpha value is -1.25. The van der Waals surface area contributed by atoms with E-state index in [1.165, 1.54) is 7.05 Å². The minimum Gasteiger partial charge on any atom is -0.352 e. The number of sulfonamides is 1. The van der Waals surface area contributed by atoms with Gasteiger partial charge in [0.2, 0.25) is 10.0 Å². The Morgan fingerprint density at radius 1 is 1.36 bits per heavy atom. The predicted octanol–water partition coefficient (Wildman–Crippen LogP) is 1.74. The Balaban J connectivity index is 1.97. The molecule has 1 saturated heterocycles. The summed E-state index contributed by atoms with van der Waals surface area (Å²) in [7, 11) is -0.172. The van der Waals surface area contributed by atoms with Crippen LogP contribution >= 0.6 is 11.8 Å². The third-order valence-corrected chi connectivity index (χ3v) is 7.27. The van der Waals surface area contributed by atoms with Crippen LogP contribution < -0.4 is 10.0 Å². The zero-order chi connectivity index (χ0) is 18.4. The molecule has 1 fully saturated rings. The lowest BCUT2D eigenvalue weighted by Crippen LogP contribution is -2.48. The Labute approximate surface area is 155 Å². The minimum absolute atomic E-state index is 0.274. The zero-order valence-corrected chi connectivity index (χ0v) is 17.0. The first-order valence-corrected chi connectivity index (χ1v) is 11.0. The van der Waals surface area contributed by atoms with Crippen molar-refractivity contribution in [2.75, 3.05) is 32.9 Å². The highest BCUT2D eigenvalue weighted by molar-refractivity contribution is 8.00. The van der Waals surface area contributed by atoms with E-state index in [0.717, 1.165) is 30.4 Å². The molecular weight excluding hydrogens is 356 g/mol. The molecule has 1 aliphatic heterocycles. The molecule has 0 saturated carbocycles. The lowest BCUT2D eigenvalue weighted by atomic mass is 10.1. The first-order valence-electron chi connectivity index (χ1n) is 8.47. The normalized spacial score (nSPS) is 19.3. The molecule has 2 N–H and O–H groups in total. The Bertz CT molecular complexity index is 687. The van der Waals surface area contributed by atoms with Crippen molar-refractivity contribution < 1.29 is 8.42 Å². The van der Waals surface area contributed by atoms with Crippen molar-refractivity contribution in [3.8, 4) is 0 Å². The Morgan fingerprint density at radius 2 is 2.04 bits per heavy atom. The lowest BCUT2D eigenvalue weighted by Gasteiger charge is -2.36. The van der Waals surface area contributed by atoms with Crippen LogP contribution in [0.2, 0.25) is 0 Å². The van der Waals surface area contributed by atoms with Crippen molar-refractivity contribution in [2.24, 2.45) is 10.9 Å². The van der Waals surface area contributed by atoms with Gasteiger partial charge in [0.25, 0.3) is 0 Å². The van der Waals surface area contributed by atoms with Crippen molar-refractivity contribution in [2.45, 2.75) is 30.5 Å². The standard InChI is InChI=1S/C17H28N4O2S2/c1-13(2)16-12-21(9-10-24-16)17(18-3)20-11-14-5-7-15(8-6-14)25(22,23)19-4/h5-8,13,16,19H,9-12H2,1-4H3,(H,18,20). The first kappa shape index (κ1) is 20.1. The summed E-state index contributed by atoms with van der Waals surface area (Å²) in [6, 6.07) is 6.90. The molecule has 1 aromatic rings. The Kier molecular flexibility index (Phi) is 7.15. The molecule has 0 bridgehead atoms. The van der Waals surface area contributed by atoms with Crippen LogP contribution in [0.3, 0.4) is 0 Å². The second-order valence-corrected chi connectivity index (χ2v) is 9.59. The largest absolute Gasteiger partial charge is 0.352 e. The maximum Gasteiger partial charge on any atom is 0.240 e. The van der Waals surface area contributed by atoms with Gasteiger partial charge in [0.1, 0.15) is 0 Å². The summed E-state index contributed by atoms with van der Waals surface area (Å²) >= 11 is 2.04. The maximum atomic E-state index is 11.8. The number of hydrogen-bond acceptors (Lipinski definition) is 4. The average molecular weight is 385 g/mol. The van der Waals surface area contributed by atoms with Gasteiger partial charge >= 0.3 is 0 Å². The van der Waals surface area contributed by atoms with Crippen LogP contribution in [0.1, 0.15) is 19.4 Å². The van der Waals surface area contributed by atoms with Gasteiger partial charge in [-0.25, -0.2) is 13.1 Å². The van der Waals surface area contributed by atoms with E-state index in [2.05, 4.69) is 33.8 Å². The van der Waals surface area contributed by atoms with E-state index in [0.29, 0.717) is 17.7 Å². The highest BCUT2D eigenvalue weighted by atomic mass is 32.2. The summed E-state index contributed by atoms with van der Waals surface area (Å²) in [4.78, 5) is 6.99. The van der Waals surface area contributed by atoms with Crippen LogP contribution in [0, 0.1) is 5.92 Å². The number of hydrogen-bond donors (Lipinski definition) is 2. The number of rotatable bonds is 5. The summed E-state index contributed by atoms with van der Waals surface area (Å²) in [6.07, 6.45) is 0. The molecule has 140 valence electrons. The Morgan fingerprint density at radius 3 is 2.60 bits per heavy atom. The highest BCUT2D eigenvalue weighted by Gasteiger charge is 2.24. The van der Waals surface area contributed by atoms with Gasteiger partial charge in [-0.2, -0.15) is 11.8 Å². The second kappa shape index (κ2) is 8.91. The van der Waals surface area contributed by atoms with Gasteiger partial charge in [0.15, 0.2) is 5.96 Å². The molecule has 0 aromatic heterocycles. The van der Waals surface area contributed by atoms with E-state index < -0.39 is 10.0 Å². The van der Waals surface area contributed by atoms with Gasteiger partial charge in [-0.15, -0.1) is 0 Å². The van der Waals surface area contributed by atoms with Crippen LogP contribution in [-0.2, 0) is 16.6 Å². The van der Waals surface area contributed by atoms with Gasteiger partial charge in [-0.3, -0.25) is 4.99 Å². The van der Waals surface area contributed by atoms with Gasteiger partial charge < -0.3 is 10.2 Å². The molecule has 0 spiro atoms. The predicted molar refractivity (Wildman–Crippen MR) is 106 cm³/mol. The molecule has 2 rings (SSSR count). The average Bonchev–Trinajstić information content (AvgIpc) is 2.63. The molecule has 8 heteroatoms. The number of guanidine groups is 1. The van der Waals surface area contributed by atoms with Crippen molar-refractivity contribution in [3.05, 3.63) is 29.8 Å². The summed E-state index contributed by atoms with van der Waals surface area (Å²) < 4.78 is 25.8. The number of aliphatic imine (C=N–C) groups is 1. The SMILES string of the molecule is CN=C(NCc1ccc(S(=O)(=O)NC)cc1)N1CCSC(C(C)C)C1. The summed E-state index contributed by atoms with van der Waals surface area (Å²) in [6.45, 7) is 7.13. The molecule has 0 radical (unpaired) electrons. The van der Waals surface area contributed by atoms with Crippen LogP contribution in [-0.4, -0.2) is 57.5 Å². The van der Waals surface area contributed by atoms with Crippen LogP contribution in [0.5, 0.6) is 0 Å². The molecule has 1 heterocycles. The van der Waals surface area contributed by atoms with Gasteiger partial charge in [-0.1, -0.05) is 26.0 Å². The quantitative estimate of drug-likeness (QED) is 0.598. The topological polar surface area (TPSA) is 73.8 Å².